The summed E-state index contributed by atoms with van der Waals surface area (Å²) in [5, 5.41) is 17.3. The van der Waals surface area contributed by atoms with Crippen LogP contribution in [0.4, 0.5) is 4.79 Å². The molecule has 1 unspecified atom stereocenters. The lowest BCUT2D eigenvalue weighted by atomic mass is 9.96. The topological polar surface area (TPSA) is 91.3 Å². The third-order valence-electron chi connectivity index (χ3n) is 3.60. The molecule has 0 aromatic carbocycles. The molecular weight excluding hydrogens is 278 g/mol. The lowest BCUT2D eigenvalue weighted by Gasteiger charge is -2.30. The van der Waals surface area contributed by atoms with Gasteiger partial charge in [0.1, 0.15) is 10.5 Å². The second-order valence-electron chi connectivity index (χ2n) is 5.82. The predicted octanol–water partition coefficient (Wildman–Crippen LogP) is 1.93. The maximum absolute atomic E-state index is 12.1. The molecule has 0 aliphatic heterocycles. The molecule has 1 fully saturated rings. The van der Waals surface area contributed by atoms with Crippen molar-refractivity contribution in [3.63, 3.8) is 0 Å². The largest absolute Gasteiger partial charge is 0.480 e. The first-order chi connectivity index (χ1) is 9.25. The summed E-state index contributed by atoms with van der Waals surface area (Å²) < 4.78 is 0. The second-order valence-corrected chi connectivity index (χ2v) is 6.72. The van der Waals surface area contributed by atoms with E-state index < -0.39 is 23.1 Å². The van der Waals surface area contributed by atoms with Crippen LogP contribution in [0.15, 0.2) is 11.6 Å². The van der Waals surface area contributed by atoms with Gasteiger partial charge < -0.3 is 15.7 Å². The first kappa shape index (κ1) is 14.8. The molecular formula is C13H19N3O3S. The number of hydrogen-bond acceptors (Lipinski definition) is 4. The molecule has 1 aliphatic carbocycles. The smallest absolute Gasteiger partial charge is 0.329 e. The molecule has 0 bridgehead atoms. The fraction of sp³-hybridized carbons (Fsp3) is 0.615. The highest BCUT2D eigenvalue weighted by molar-refractivity contribution is 7.09. The molecule has 1 aliphatic rings. The molecule has 0 spiro atoms. The predicted molar refractivity (Wildman–Crippen MR) is 75.6 cm³/mol. The molecule has 0 radical (unpaired) electrons. The highest BCUT2D eigenvalue weighted by atomic mass is 32.1. The number of carbonyl (C=O) groups excluding carboxylic acids is 1. The molecule has 2 amide bonds. The van der Waals surface area contributed by atoms with E-state index in [4.69, 9.17) is 0 Å². The van der Waals surface area contributed by atoms with E-state index in [1.165, 1.54) is 11.3 Å². The lowest BCUT2D eigenvalue weighted by Crippen LogP contribution is -2.59. The summed E-state index contributed by atoms with van der Waals surface area (Å²) >= 11 is 1.44. The Labute approximate surface area is 121 Å². The molecule has 20 heavy (non-hydrogen) atoms. The SMILES string of the molecule is CC(C)(NC(=O)NC(C)(C(=O)O)C1CC1)c1nccs1. The highest BCUT2D eigenvalue weighted by Crippen LogP contribution is 2.39. The van der Waals surface area contributed by atoms with Crippen molar-refractivity contribution in [1.82, 2.24) is 15.6 Å². The Morgan fingerprint density at radius 1 is 1.35 bits per heavy atom. The Morgan fingerprint density at radius 3 is 2.45 bits per heavy atom. The number of carbonyl (C=O) groups is 2. The van der Waals surface area contributed by atoms with E-state index in [1.807, 2.05) is 19.2 Å². The quantitative estimate of drug-likeness (QED) is 0.774. The van der Waals surface area contributed by atoms with Crippen LogP contribution in [0.5, 0.6) is 0 Å². The molecule has 1 heterocycles. The number of aromatic nitrogens is 1. The van der Waals surface area contributed by atoms with Crippen LogP contribution in [0.3, 0.4) is 0 Å². The maximum Gasteiger partial charge on any atom is 0.329 e. The highest BCUT2D eigenvalue weighted by Gasteiger charge is 2.49. The molecule has 1 aromatic rings. The average Bonchev–Trinajstić information content (AvgIpc) is 3.03. The zero-order valence-electron chi connectivity index (χ0n) is 11.8. The Bertz CT molecular complexity index is 511. The summed E-state index contributed by atoms with van der Waals surface area (Å²) in [5.41, 5.74) is -1.84. The van der Waals surface area contributed by atoms with Gasteiger partial charge in [-0.3, -0.25) is 0 Å². The molecule has 3 N–H and O–H groups in total. The number of carboxylic acid groups (broad SMARTS) is 1. The summed E-state index contributed by atoms with van der Waals surface area (Å²) in [4.78, 5) is 27.7. The number of amides is 2. The van der Waals surface area contributed by atoms with Gasteiger partial charge in [0, 0.05) is 11.6 Å². The van der Waals surface area contributed by atoms with Gasteiger partial charge in [-0.2, -0.15) is 0 Å². The number of rotatable bonds is 5. The molecule has 1 atom stereocenters. The molecule has 6 nitrogen and oxygen atoms in total. The summed E-state index contributed by atoms with van der Waals surface area (Å²) in [6.45, 7) is 5.23. The fourth-order valence-electron chi connectivity index (χ4n) is 2.13. The lowest BCUT2D eigenvalue weighted by molar-refractivity contribution is -0.144. The Kier molecular flexibility index (Phi) is 3.73. The third kappa shape index (κ3) is 2.92. The number of hydrogen-bond donors (Lipinski definition) is 3. The maximum atomic E-state index is 12.1. The summed E-state index contributed by atoms with van der Waals surface area (Å²) in [5.74, 6) is -0.990. The van der Waals surface area contributed by atoms with Crippen LogP contribution >= 0.6 is 11.3 Å². The van der Waals surface area contributed by atoms with Gasteiger partial charge in [0.05, 0.1) is 5.54 Å². The standard InChI is InChI=1S/C13H19N3O3S/c1-12(2,9-14-6-7-20-9)15-11(19)16-13(3,10(17)18)8-4-5-8/h6-8H,4-5H2,1-3H3,(H,17,18)(H2,15,16,19). The molecule has 0 saturated heterocycles. The van der Waals surface area contributed by atoms with E-state index in [0.29, 0.717) is 0 Å². The van der Waals surface area contributed by atoms with Crippen molar-refractivity contribution in [3.8, 4) is 0 Å². The Hall–Kier alpha value is -1.63. The van der Waals surface area contributed by atoms with Gasteiger partial charge in [-0.05, 0) is 39.5 Å². The van der Waals surface area contributed by atoms with Crippen LogP contribution in [0.2, 0.25) is 0 Å². The molecule has 1 aromatic heterocycles. The van der Waals surface area contributed by atoms with Crippen LogP contribution in [0, 0.1) is 5.92 Å². The van der Waals surface area contributed by atoms with E-state index in [1.54, 1.807) is 13.1 Å². The van der Waals surface area contributed by atoms with Gasteiger partial charge in [-0.15, -0.1) is 11.3 Å². The fourth-order valence-corrected chi connectivity index (χ4v) is 2.85. The van der Waals surface area contributed by atoms with Gasteiger partial charge >= 0.3 is 12.0 Å². The van der Waals surface area contributed by atoms with Crippen LogP contribution in [-0.4, -0.2) is 27.6 Å². The first-order valence-electron chi connectivity index (χ1n) is 6.49. The number of carboxylic acids is 1. The van der Waals surface area contributed by atoms with Crippen molar-refractivity contribution in [2.75, 3.05) is 0 Å². The molecule has 110 valence electrons. The van der Waals surface area contributed by atoms with Crippen molar-refractivity contribution in [3.05, 3.63) is 16.6 Å². The van der Waals surface area contributed by atoms with Crippen molar-refractivity contribution >= 4 is 23.3 Å². The van der Waals surface area contributed by atoms with Crippen LogP contribution < -0.4 is 10.6 Å². The van der Waals surface area contributed by atoms with Gasteiger partial charge in [0.2, 0.25) is 0 Å². The number of nitrogens with zero attached hydrogens (tertiary/aromatic N) is 1. The number of nitrogens with one attached hydrogen (secondary N) is 2. The van der Waals surface area contributed by atoms with Crippen molar-refractivity contribution in [1.29, 1.82) is 0 Å². The zero-order valence-corrected chi connectivity index (χ0v) is 12.6. The van der Waals surface area contributed by atoms with Crippen molar-refractivity contribution in [2.45, 2.75) is 44.7 Å². The minimum Gasteiger partial charge on any atom is -0.480 e. The number of urea groups is 1. The number of thiazole rings is 1. The van der Waals surface area contributed by atoms with Crippen LogP contribution in [-0.2, 0) is 10.3 Å². The van der Waals surface area contributed by atoms with E-state index in [-0.39, 0.29) is 5.92 Å². The summed E-state index contributed by atoms with van der Waals surface area (Å²) in [7, 11) is 0. The van der Waals surface area contributed by atoms with E-state index in [0.717, 1.165) is 17.8 Å². The van der Waals surface area contributed by atoms with Gasteiger partial charge in [0.15, 0.2) is 0 Å². The van der Waals surface area contributed by atoms with Gasteiger partial charge in [-0.25, -0.2) is 14.6 Å². The normalized spacial score (nSPS) is 18.1. The minimum absolute atomic E-state index is 0.00808. The van der Waals surface area contributed by atoms with Gasteiger partial charge in [0.25, 0.3) is 0 Å². The van der Waals surface area contributed by atoms with Crippen LogP contribution in [0.25, 0.3) is 0 Å². The van der Waals surface area contributed by atoms with E-state index in [9.17, 15) is 14.7 Å². The zero-order chi connectivity index (χ0) is 15.0. The molecule has 1 saturated carbocycles. The number of aliphatic carboxylic acids is 1. The molecule has 7 heteroatoms. The van der Waals surface area contributed by atoms with Crippen LogP contribution in [0.1, 0.15) is 38.6 Å². The Balaban J connectivity index is 2.03. The van der Waals surface area contributed by atoms with Crippen molar-refractivity contribution in [2.24, 2.45) is 5.92 Å². The summed E-state index contributed by atoms with van der Waals surface area (Å²) in [6.07, 6.45) is 3.34. The molecule has 2 rings (SSSR count). The summed E-state index contributed by atoms with van der Waals surface area (Å²) in [6, 6.07) is -0.484. The third-order valence-corrected chi connectivity index (χ3v) is 4.70. The second kappa shape index (κ2) is 5.05. The van der Waals surface area contributed by atoms with Gasteiger partial charge in [-0.1, -0.05) is 0 Å². The van der Waals surface area contributed by atoms with E-state index >= 15 is 0 Å². The average molecular weight is 297 g/mol. The minimum atomic E-state index is -1.21. The monoisotopic (exact) mass is 297 g/mol. The van der Waals surface area contributed by atoms with Crippen molar-refractivity contribution < 1.29 is 14.7 Å². The first-order valence-corrected chi connectivity index (χ1v) is 7.37. The Morgan fingerprint density at radius 2 is 2.00 bits per heavy atom. The van der Waals surface area contributed by atoms with E-state index in [2.05, 4.69) is 15.6 Å².